The predicted octanol–water partition coefficient (Wildman–Crippen LogP) is 1.80. The Morgan fingerprint density at radius 1 is 1.32 bits per heavy atom. The van der Waals surface area contributed by atoms with Crippen LogP contribution in [0.25, 0.3) is 0 Å². The molecule has 19 heavy (non-hydrogen) atoms. The molecule has 1 aromatic heterocycles. The first kappa shape index (κ1) is 15.7. The van der Waals surface area contributed by atoms with Crippen molar-refractivity contribution in [3.05, 3.63) is 11.9 Å². The van der Waals surface area contributed by atoms with Crippen LogP contribution in [0.1, 0.15) is 32.8 Å². The molecule has 4 N–H and O–H groups in total. The number of anilines is 2. The van der Waals surface area contributed by atoms with Gasteiger partial charge in [0.1, 0.15) is 18.0 Å². The van der Waals surface area contributed by atoms with Gasteiger partial charge in [-0.2, -0.15) is 0 Å². The maximum atomic E-state index is 5.46. The zero-order valence-corrected chi connectivity index (χ0v) is 12.3. The second-order valence-corrected chi connectivity index (χ2v) is 5.31. The van der Waals surface area contributed by atoms with Gasteiger partial charge in [-0.1, -0.05) is 20.8 Å². The standard InChI is InChI=1S/C13H25N5O/c1-5-10-11(16-9-17-12(10)18-14)15-8-13(2,3)6-7-19-4/h9H,5-8,14H2,1-4H3,(H2,15,16,17,18). The highest BCUT2D eigenvalue weighted by atomic mass is 16.5. The Labute approximate surface area is 115 Å². The minimum atomic E-state index is 0.141. The second kappa shape index (κ2) is 7.25. The number of hydrogen-bond acceptors (Lipinski definition) is 6. The Hall–Kier alpha value is -1.40. The molecule has 1 aromatic rings. The minimum absolute atomic E-state index is 0.141. The lowest BCUT2D eigenvalue weighted by Crippen LogP contribution is -2.26. The summed E-state index contributed by atoms with van der Waals surface area (Å²) in [6.07, 6.45) is 3.32. The van der Waals surface area contributed by atoms with E-state index >= 15 is 0 Å². The van der Waals surface area contributed by atoms with Crippen LogP contribution >= 0.6 is 0 Å². The van der Waals surface area contributed by atoms with E-state index in [-0.39, 0.29) is 5.41 Å². The van der Waals surface area contributed by atoms with Crippen molar-refractivity contribution in [3.63, 3.8) is 0 Å². The maximum absolute atomic E-state index is 5.46. The number of aromatic nitrogens is 2. The lowest BCUT2D eigenvalue weighted by Gasteiger charge is -2.25. The van der Waals surface area contributed by atoms with Gasteiger partial charge < -0.3 is 15.5 Å². The van der Waals surface area contributed by atoms with Crippen LogP contribution in [-0.2, 0) is 11.2 Å². The Morgan fingerprint density at radius 2 is 2.00 bits per heavy atom. The summed E-state index contributed by atoms with van der Waals surface area (Å²) in [5.74, 6) is 6.98. The summed E-state index contributed by atoms with van der Waals surface area (Å²) in [4.78, 5) is 8.41. The molecule has 0 fully saturated rings. The summed E-state index contributed by atoms with van der Waals surface area (Å²) in [5, 5.41) is 3.39. The van der Waals surface area contributed by atoms with Crippen LogP contribution in [0.15, 0.2) is 6.33 Å². The van der Waals surface area contributed by atoms with Crippen molar-refractivity contribution in [2.45, 2.75) is 33.6 Å². The maximum Gasteiger partial charge on any atom is 0.148 e. The van der Waals surface area contributed by atoms with E-state index in [1.165, 1.54) is 6.33 Å². The Bertz CT molecular complexity index is 395. The van der Waals surface area contributed by atoms with Crippen molar-refractivity contribution in [2.24, 2.45) is 11.3 Å². The second-order valence-electron chi connectivity index (χ2n) is 5.31. The summed E-state index contributed by atoms with van der Waals surface area (Å²) in [6.45, 7) is 8.04. The van der Waals surface area contributed by atoms with Gasteiger partial charge in [0.2, 0.25) is 0 Å². The predicted molar refractivity (Wildman–Crippen MR) is 78.0 cm³/mol. The number of nitrogens with zero attached hydrogens (tertiary/aromatic N) is 2. The fourth-order valence-electron chi connectivity index (χ4n) is 1.81. The van der Waals surface area contributed by atoms with Gasteiger partial charge in [0.05, 0.1) is 0 Å². The highest BCUT2D eigenvalue weighted by Gasteiger charge is 2.18. The van der Waals surface area contributed by atoms with Crippen LogP contribution in [0, 0.1) is 5.41 Å². The summed E-state index contributed by atoms with van der Waals surface area (Å²) >= 11 is 0. The first-order valence-electron chi connectivity index (χ1n) is 6.57. The van der Waals surface area contributed by atoms with Crippen LogP contribution in [-0.4, -0.2) is 30.2 Å². The number of nitrogen functional groups attached to an aromatic ring is 1. The third-order valence-corrected chi connectivity index (χ3v) is 3.15. The molecule has 0 unspecified atom stereocenters. The Morgan fingerprint density at radius 3 is 2.58 bits per heavy atom. The molecule has 0 saturated carbocycles. The number of methoxy groups -OCH3 is 1. The topological polar surface area (TPSA) is 85.1 Å². The average Bonchev–Trinajstić information content (AvgIpc) is 2.42. The van der Waals surface area contributed by atoms with Crippen LogP contribution in [0.2, 0.25) is 0 Å². The Kier molecular flexibility index (Phi) is 5.98. The summed E-state index contributed by atoms with van der Waals surface area (Å²) < 4.78 is 5.13. The van der Waals surface area contributed by atoms with Gasteiger partial charge in [-0.15, -0.1) is 0 Å². The molecule has 0 aromatic carbocycles. The summed E-state index contributed by atoms with van der Waals surface area (Å²) in [5.41, 5.74) is 3.76. The van der Waals surface area contributed by atoms with E-state index in [2.05, 4.69) is 41.5 Å². The quantitative estimate of drug-likeness (QED) is 0.492. The molecule has 0 radical (unpaired) electrons. The van der Waals surface area contributed by atoms with Gasteiger partial charge in [0.15, 0.2) is 0 Å². The van der Waals surface area contributed by atoms with Gasteiger partial charge in [-0.25, -0.2) is 15.8 Å². The highest BCUT2D eigenvalue weighted by Crippen LogP contribution is 2.24. The monoisotopic (exact) mass is 267 g/mol. The third-order valence-electron chi connectivity index (χ3n) is 3.15. The van der Waals surface area contributed by atoms with Gasteiger partial charge in [-0.3, -0.25) is 0 Å². The van der Waals surface area contributed by atoms with E-state index in [1.54, 1.807) is 7.11 Å². The Balaban J connectivity index is 2.72. The van der Waals surface area contributed by atoms with Crippen LogP contribution in [0.5, 0.6) is 0 Å². The minimum Gasteiger partial charge on any atom is -0.385 e. The van der Waals surface area contributed by atoms with Crippen molar-refractivity contribution >= 4 is 11.6 Å². The molecule has 108 valence electrons. The normalized spacial score (nSPS) is 11.4. The lowest BCUT2D eigenvalue weighted by atomic mass is 9.89. The third kappa shape index (κ3) is 4.65. The number of ether oxygens (including phenoxy) is 1. The smallest absolute Gasteiger partial charge is 0.148 e. The van der Waals surface area contributed by atoms with E-state index in [4.69, 9.17) is 10.6 Å². The number of hydrogen-bond donors (Lipinski definition) is 3. The number of nitrogens with two attached hydrogens (primary N) is 1. The molecule has 0 bridgehead atoms. The van der Waals surface area contributed by atoms with Crippen molar-refractivity contribution in [1.82, 2.24) is 9.97 Å². The zero-order valence-electron chi connectivity index (χ0n) is 12.3. The molecule has 0 spiro atoms. The van der Waals surface area contributed by atoms with Gasteiger partial charge in [-0.05, 0) is 18.3 Å². The molecule has 0 saturated heterocycles. The first-order valence-corrected chi connectivity index (χ1v) is 6.57. The number of rotatable bonds is 8. The molecule has 0 amide bonds. The fraction of sp³-hybridized carbons (Fsp3) is 0.692. The average molecular weight is 267 g/mol. The SMILES string of the molecule is CCc1c(NN)ncnc1NCC(C)(C)CCOC. The fourth-order valence-corrected chi connectivity index (χ4v) is 1.81. The molecular formula is C13H25N5O. The van der Waals surface area contributed by atoms with E-state index in [1.807, 2.05) is 0 Å². The molecule has 6 heteroatoms. The van der Waals surface area contributed by atoms with Crippen LogP contribution < -0.4 is 16.6 Å². The highest BCUT2D eigenvalue weighted by molar-refractivity contribution is 5.56. The van der Waals surface area contributed by atoms with Crippen molar-refractivity contribution in [2.75, 3.05) is 31.0 Å². The van der Waals surface area contributed by atoms with Crippen molar-refractivity contribution in [1.29, 1.82) is 0 Å². The van der Waals surface area contributed by atoms with Gasteiger partial charge in [0.25, 0.3) is 0 Å². The van der Waals surface area contributed by atoms with E-state index in [0.717, 1.165) is 37.4 Å². The molecule has 1 rings (SSSR count). The lowest BCUT2D eigenvalue weighted by molar-refractivity contribution is 0.157. The molecule has 0 atom stereocenters. The molecule has 0 aliphatic rings. The molecule has 0 aliphatic heterocycles. The summed E-state index contributed by atoms with van der Waals surface area (Å²) in [7, 11) is 1.72. The molecule has 0 aliphatic carbocycles. The van der Waals surface area contributed by atoms with Crippen molar-refractivity contribution < 1.29 is 4.74 Å². The van der Waals surface area contributed by atoms with E-state index < -0.39 is 0 Å². The number of hydrazine groups is 1. The first-order chi connectivity index (χ1) is 9.04. The molecular weight excluding hydrogens is 242 g/mol. The van der Waals surface area contributed by atoms with E-state index in [0.29, 0.717) is 5.82 Å². The van der Waals surface area contributed by atoms with Gasteiger partial charge >= 0.3 is 0 Å². The van der Waals surface area contributed by atoms with E-state index in [9.17, 15) is 0 Å². The van der Waals surface area contributed by atoms with Crippen molar-refractivity contribution in [3.8, 4) is 0 Å². The molecule has 1 heterocycles. The zero-order chi connectivity index (χ0) is 14.3. The van der Waals surface area contributed by atoms with Gasteiger partial charge in [0, 0.05) is 25.8 Å². The summed E-state index contributed by atoms with van der Waals surface area (Å²) in [6, 6.07) is 0. The number of nitrogens with one attached hydrogen (secondary N) is 2. The largest absolute Gasteiger partial charge is 0.385 e. The van der Waals surface area contributed by atoms with Crippen LogP contribution in [0.3, 0.4) is 0 Å². The van der Waals surface area contributed by atoms with Crippen LogP contribution in [0.4, 0.5) is 11.6 Å². The molecule has 6 nitrogen and oxygen atoms in total.